The lowest BCUT2D eigenvalue weighted by Crippen LogP contribution is -2.24. The summed E-state index contributed by atoms with van der Waals surface area (Å²) < 4.78 is 5.98. The van der Waals surface area contributed by atoms with Gasteiger partial charge in [-0.3, -0.25) is 0 Å². The Morgan fingerprint density at radius 1 is 1.07 bits per heavy atom. The Labute approximate surface area is 86.1 Å². The van der Waals surface area contributed by atoms with Gasteiger partial charge in [-0.1, -0.05) is 43.2 Å². The van der Waals surface area contributed by atoms with Crippen LogP contribution in [0.1, 0.15) is 38.2 Å². The molecule has 0 amide bonds. The van der Waals surface area contributed by atoms with E-state index < -0.39 is 0 Å². The summed E-state index contributed by atoms with van der Waals surface area (Å²) in [6.45, 7) is 3.12. The quantitative estimate of drug-likeness (QED) is 0.658. The maximum atomic E-state index is 5.98. The predicted molar refractivity (Wildman–Crippen MR) is 58.2 cm³/mol. The van der Waals surface area contributed by atoms with E-state index in [0.717, 1.165) is 13.0 Å². The third kappa shape index (κ3) is 1.98. The van der Waals surface area contributed by atoms with Gasteiger partial charge in [0.15, 0.2) is 0 Å². The van der Waals surface area contributed by atoms with Crippen molar-refractivity contribution in [2.45, 2.75) is 38.2 Å². The number of hydrogen-bond donors (Lipinski definition) is 0. The molecular weight excluding hydrogens is 172 g/mol. The van der Waals surface area contributed by atoms with E-state index in [4.69, 9.17) is 4.74 Å². The van der Waals surface area contributed by atoms with Gasteiger partial charge in [0, 0.05) is 6.61 Å². The molecule has 1 aliphatic rings. The average molecular weight is 190 g/mol. The molecule has 1 fully saturated rings. The maximum absolute atomic E-state index is 5.98. The SMILES string of the molecule is C[C@@]1(c2ccccc2)CCCCCO1. The number of benzene rings is 1. The molecule has 1 aromatic carbocycles. The van der Waals surface area contributed by atoms with E-state index in [1.54, 1.807) is 0 Å². The highest BCUT2D eigenvalue weighted by Crippen LogP contribution is 2.33. The van der Waals surface area contributed by atoms with Gasteiger partial charge in [0.05, 0.1) is 5.60 Å². The van der Waals surface area contributed by atoms with Crippen LogP contribution < -0.4 is 0 Å². The third-order valence-corrected chi connectivity index (χ3v) is 3.10. The Bertz CT molecular complexity index is 271. The summed E-state index contributed by atoms with van der Waals surface area (Å²) in [5.41, 5.74) is 1.28. The molecule has 0 bridgehead atoms. The number of hydrogen-bond acceptors (Lipinski definition) is 1. The zero-order chi connectivity index (χ0) is 9.86. The minimum absolute atomic E-state index is 0.0439. The Morgan fingerprint density at radius 3 is 2.64 bits per heavy atom. The van der Waals surface area contributed by atoms with E-state index in [9.17, 15) is 0 Å². The van der Waals surface area contributed by atoms with Gasteiger partial charge in [-0.2, -0.15) is 0 Å². The van der Waals surface area contributed by atoms with Crippen LogP contribution in [0.5, 0.6) is 0 Å². The second kappa shape index (κ2) is 4.14. The molecule has 0 unspecified atom stereocenters. The molecule has 1 heteroatoms. The molecule has 0 aliphatic carbocycles. The first-order chi connectivity index (χ1) is 6.81. The lowest BCUT2D eigenvalue weighted by Gasteiger charge is -2.28. The fourth-order valence-electron chi connectivity index (χ4n) is 2.13. The van der Waals surface area contributed by atoms with E-state index in [1.165, 1.54) is 24.8 Å². The van der Waals surface area contributed by atoms with Crippen LogP contribution >= 0.6 is 0 Å². The summed E-state index contributed by atoms with van der Waals surface area (Å²) >= 11 is 0. The van der Waals surface area contributed by atoms with Crippen molar-refractivity contribution in [3.8, 4) is 0 Å². The molecule has 0 radical (unpaired) electrons. The highest BCUT2D eigenvalue weighted by molar-refractivity contribution is 5.21. The van der Waals surface area contributed by atoms with E-state index >= 15 is 0 Å². The molecule has 14 heavy (non-hydrogen) atoms. The second-order valence-electron chi connectivity index (χ2n) is 4.26. The minimum atomic E-state index is -0.0439. The van der Waals surface area contributed by atoms with Gasteiger partial charge >= 0.3 is 0 Å². The zero-order valence-corrected chi connectivity index (χ0v) is 8.83. The van der Waals surface area contributed by atoms with Gasteiger partial charge < -0.3 is 4.74 Å². The molecular formula is C13H18O. The van der Waals surface area contributed by atoms with E-state index in [-0.39, 0.29) is 5.60 Å². The lowest BCUT2D eigenvalue weighted by molar-refractivity contribution is -0.0327. The van der Waals surface area contributed by atoms with Crippen LogP contribution in [0.4, 0.5) is 0 Å². The van der Waals surface area contributed by atoms with Gasteiger partial charge in [-0.25, -0.2) is 0 Å². The van der Waals surface area contributed by atoms with Gasteiger partial charge in [0.1, 0.15) is 0 Å². The van der Waals surface area contributed by atoms with Crippen LogP contribution in [0.3, 0.4) is 0 Å². The fraction of sp³-hybridized carbons (Fsp3) is 0.538. The predicted octanol–water partition coefficient (Wildman–Crippen LogP) is 3.49. The van der Waals surface area contributed by atoms with Crippen LogP contribution in [0.15, 0.2) is 30.3 Å². The van der Waals surface area contributed by atoms with E-state index in [0.29, 0.717) is 0 Å². The topological polar surface area (TPSA) is 9.23 Å². The maximum Gasteiger partial charge on any atom is 0.0903 e. The van der Waals surface area contributed by atoms with E-state index in [2.05, 4.69) is 37.3 Å². The lowest BCUT2D eigenvalue weighted by atomic mass is 9.91. The van der Waals surface area contributed by atoms with Gasteiger partial charge in [0.2, 0.25) is 0 Å². The van der Waals surface area contributed by atoms with Crippen molar-refractivity contribution < 1.29 is 4.74 Å². The monoisotopic (exact) mass is 190 g/mol. The average Bonchev–Trinajstić information content (AvgIpc) is 2.46. The van der Waals surface area contributed by atoms with Gasteiger partial charge in [-0.15, -0.1) is 0 Å². The molecule has 0 N–H and O–H groups in total. The van der Waals surface area contributed by atoms with Crippen molar-refractivity contribution in [3.05, 3.63) is 35.9 Å². The summed E-state index contributed by atoms with van der Waals surface area (Å²) in [5.74, 6) is 0. The second-order valence-corrected chi connectivity index (χ2v) is 4.26. The Balaban J connectivity index is 2.21. The fourth-order valence-corrected chi connectivity index (χ4v) is 2.13. The summed E-state index contributed by atoms with van der Waals surface area (Å²) in [6, 6.07) is 10.6. The van der Waals surface area contributed by atoms with Crippen molar-refractivity contribution in [2.75, 3.05) is 6.61 Å². The molecule has 1 heterocycles. The number of ether oxygens (including phenoxy) is 1. The summed E-state index contributed by atoms with van der Waals surface area (Å²) in [4.78, 5) is 0. The van der Waals surface area contributed by atoms with Gasteiger partial charge in [-0.05, 0) is 25.3 Å². The van der Waals surface area contributed by atoms with Crippen LogP contribution in [0.25, 0.3) is 0 Å². The summed E-state index contributed by atoms with van der Waals surface area (Å²) in [5, 5.41) is 0. The van der Waals surface area contributed by atoms with Crippen LogP contribution in [0, 0.1) is 0 Å². The van der Waals surface area contributed by atoms with E-state index in [1.807, 2.05) is 0 Å². The van der Waals surface area contributed by atoms with Crippen LogP contribution in [-0.2, 0) is 10.3 Å². The van der Waals surface area contributed by atoms with Gasteiger partial charge in [0.25, 0.3) is 0 Å². The normalized spacial score (nSPS) is 28.4. The first kappa shape index (κ1) is 9.72. The highest BCUT2D eigenvalue weighted by Gasteiger charge is 2.28. The van der Waals surface area contributed by atoms with Crippen molar-refractivity contribution >= 4 is 0 Å². The summed E-state index contributed by atoms with van der Waals surface area (Å²) in [7, 11) is 0. The molecule has 1 saturated heterocycles. The molecule has 0 aromatic heterocycles. The summed E-state index contributed by atoms with van der Waals surface area (Å²) in [6.07, 6.45) is 4.95. The molecule has 1 nitrogen and oxygen atoms in total. The Morgan fingerprint density at radius 2 is 1.86 bits per heavy atom. The minimum Gasteiger partial charge on any atom is -0.371 e. The highest BCUT2D eigenvalue weighted by atomic mass is 16.5. The molecule has 1 aromatic rings. The van der Waals surface area contributed by atoms with Crippen molar-refractivity contribution in [2.24, 2.45) is 0 Å². The van der Waals surface area contributed by atoms with Crippen molar-refractivity contribution in [1.82, 2.24) is 0 Å². The first-order valence-electron chi connectivity index (χ1n) is 5.51. The smallest absolute Gasteiger partial charge is 0.0903 e. The molecule has 1 atom stereocenters. The Kier molecular flexibility index (Phi) is 2.87. The van der Waals surface area contributed by atoms with Crippen LogP contribution in [-0.4, -0.2) is 6.61 Å². The van der Waals surface area contributed by atoms with Crippen molar-refractivity contribution in [3.63, 3.8) is 0 Å². The molecule has 2 rings (SSSR count). The molecule has 0 saturated carbocycles. The number of rotatable bonds is 1. The third-order valence-electron chi connectivity index (χ3n) is 3.10. The standard InChI is InChI=1S/C13H18O/c1-13(10-6-3-7-11-14-13)12-8-4-2-5-9-12/h2,4-5,8-9H,3,6-7,10-11H2,1H3/t13-/m0/s1. The molecule has 1 aliphatic heterocycles. The van der Waals surface area contributed by atoms with Crippen molar-refractivity contribution in [1.29, 1.82) is 0 Å². The molecule has 0 spiro atoms. The van der Waals surface area contributed by atoms with Crippen LogP contribution in [0.2, 0.25) is 0 Å². The molecule has 76 valence electrons. The first-order valence-corrected chi connectivity index (χ1v) is 5.51. The largest absolute Gasteiger partial charge is 0.371 e. The Hall–Kier alpha value is -0.820. The zero-order valence-electron chi connectivity index (χ0n) is 8.83.